The molecular weight excluding hydrogens is 374 g/mol. The Balaban J connectivity index is 1.34. The largest absolute Gasteiger partial charge is 0.356 e. The molecular formula is C19H25N7OS. The molecule has 0 bridgehead atoms. The van der Waals surface area contributed by atoms with Crippen molar-refractivity contribution >= 4 is 23.8 Å². The average molecular weight is 400 g/mol. The zero-order valence-electron chi connectivity index (χ0n) is 16.4. The second kappa shape index (κ2) is 7.46. The second-order valence-electron chi connectivity index (χ2n) is 7.46. The van der Waals surface area contributed by atoms with Crippen molar-refractivity contribution in [2.45, 2.75) is 58.9 Å². The molecule has 2 N–H and O–H groups in total. The van der Waals surface area contributed by atoms with Crippen LogP contribution in [0.25, 0.3) is 5.65 Å². The molecule has 3 aromatic heterocycles. The lowest BCUT2D eigenvalue weighted by atomic mass is 10.1. The van der Waals surface area contributed by atoms with E-state index in [-0.39, 0.29) is 5.91 Å². The summed E-state index contributed by atoms with van der Waals surface area (Å²) in [6.45, 7) is 6.53. The fraction of sp³-hybridized carbons (Fsp3) is 0.526. The van der Waals surface area contributed by atoms with E-state index in [2.05, 4.69) is 30.2 Å². The van der Waals surface area contributed by atoms with Gasteiger partial charge in [-0.15, -0.1) is 0 Å². The number of rotatable bonds is 7. The van der Waals surface area contributed by atoms with Crippen molar-refractivity contribution in [1.82, 2.24) is 34.7 Å². The van der Waals surface area contributed by atoms with Gasteiger partial charge in [0.1, 0.15) is 5.82 Å². The Morgan fingerprint density at radius 1 is 1.32 bits per heavy atom. The highest BCUT2D eigenvalue weighted by molar-refractivity contribution is 7.71. The van der Waals surface area contributed by atoms with Crippen LogP contribution >= 0.6 is 12.2 Å². The van der Waals surface area contributed by atoms with Gasteiger partial charge < -0.3 is 9.88 Å². The summed E-state index contributed by atoms with van der Waals surface area (Å²) < 4.78 is 4.61. The average Bonchev–Trinajstić information content (AvgIpc) is 3.31. The maximum absolute atomic E-state index is 12.3. The molecule has 3 heterocycles. The van der Waals surface area contributed by atoms with Gasteiger partial charge in [-0.05, 0) is 57.8 Å². The fourth-order valence-electron chi connectivity index (χ4n) is 3.67. The normalized spacial score (nSPS) is 14.0. The summed E-state index contributed by atoms with van der Waals surface area (Å²) in [5.41, 5.74) is 4.88. The van der Waals surface area contributed by atoms with Crippen LogP contribution in [0.2, 0.25) is 0 Å². The molecule has 1 aliphatic carbocycles. The summed E-state index contributed by atoms with van der Waals surface area (Å²) in [5.74, 6) is 0.950. The molecule has 148 valence electrons. The molecule has 0 spiro atoms. The number of aromatic nitrogens is 6. The molecule has 0 aromatic carbocycles. The van der Waals surface area contributed by atoms with Crippen LogP contribution < -0.4 is 5.32 Å². The third-order valence-electron chi connectivity index (χ3n) is 5.25. The Hall–Kier alpha value is -2.55. The van der Waals surface area contributed by atoms with Gasteiger partial charge in [-0.3, -0.25) is 9.89 Å². The van der Waals surface area contributed by atoms with Gasteiger partial charge in [0, 0.05) is 42.9 Å². The number of aromatic amines is 1. The molecule has 0 saturated heterocycles. The molecule has 0 atom stereocenters. The van der Waals surface area contributed by atoms with Crippen molar-refractivity contribution in [2.75, 3.05) is 6.54 Å². The molecule has 1 fully saturated rings. The Morgan fingerprint density at radius 3 is 2.86 bits per heavy atom. The SMILES string of the molecule is Cc1cc2nc(C)c(CCC(=O)NCCc3n[nH]c(=S)n3C3CC3)c(C)n2n1. The van der Waals surface area contributed by atoms with Gasteiger partial charge in [-0.2, -0.15) is 10.2 Å². The Morgan fingerprint density at radius 2 is 2.11 bits per heavy atom. The van der Waals surface area contributed by atoms with Gasteiger partial charge in [0.25, 0.3) is 0 Å². The summed E-state index contributed by atoms with van der Waals surface area (Å²) in [6, 6.07) is 2.45. The van der Waals surface area contributed by atoms with E-state index in [9.17, 15) is 4.79 Å². The first kappa shape index (κ1) is 18.8. The first-order valence-electron chi connectivity index (χ1n) is 9.69. The van der Waals surface area contributed by atoms with Crippen molar-refractivity contribution in [3.8, 4) is 0 Å². The van der Waals surface area contributed by atoms with Crippen molar-refractivity contribution in [3.05, 3.63) is 39.3 Å². The Kier molecular flexibility index (Phi) is 5.01. The smallest absolute Gasteiger partial charge is 0.220 e. The van der Waals surface area contributed by atoms with Crippen LogP contribution in [-0.2, 0) is 17.6 Å². The number of hydrogen-bond acceptors (Lipinski definition) is 5. The molecule has 1 amide bonds. The number of H-pyrrole nitrogens is 1. The van der Waals surface area contributed by atoms with Crippen LogP contribution in [0.3, 0.4) is 0 Å². The van der Waals surface area contributed by atoms with E-state index < -0.39 is 0 Å². The summed E-state index contributed by atoms with van der Waals surface area (Å²) in [5, 5.41) is 14.6. The molecule has 28 heavy (non-hydrogen) atoms. The molecule has 0 radical (unpaired) electrons. The van der Waals surface area contributed by atoms with Crippen LogP contribution in [0.4, 0.5) is 0 Å². The molecule has 4 rings (SSSR count). The van der Waals surface area contributed by atoms with E-state index in [1.807, 2.05) is 31.4 Å². The van der Waals surface area contributed by atoms with E-state index in [0.717, 1.165) is 47.0 Å². The van der Waals surface area contributed by atoms with Gasteiger partial charge in [-0.25, -0.2) is 9.50 Å². The Labute approximate surface area is 168 Å². The highest BCUT2D eigenvalue weighted by Gasteiger charge is 2.27. The zero-order chi connectivity index (χ0) is 19.8. The quantitative estimate of drug-likeness (QED) is 0.596. The van der Waals surface area contributed by atoms with E-state index >= 15 is 0 Å². The number of amides is 1. The number of fused-ring (bicyclic) bond motifs is 1. The maximum atomic E-state index is 12.3. The van der Waals surface area contributed by atoms with E-state index in [1.54, 1.807) is 0 Å². The Bertz CT molecular complexity index is 1090. The van der Waals surface area contributed by atoms with Crippen LogP contribution in [-0.4, -0.2) is 41.8 Å². The van der Waals surface area contributed by atoms with Crippen LogP contribution in [0.5, 0.6) is 0 Å². The molecule has 0 aliphatic heterocycles. The van der Waals surface area contributed by atoms with Gasteiger partial charge >= 0.3 is 0 Å². The highest BCUT2D eigenvalue weighted by Crippen LogP contribution is 2.35. The molecule has 0 unspecified atom stereocenters. The van der Waals surface area contributed by atoms with Gasteiger partial charge in [0.15, 0.2) is 10.4 Å². The summed E-state index contributed by atoms with van der Waals surface area (Å²) >= 11 is 5.29. The lowest BCUT2D eigenvalue weighted by molar-refractivity contribution is -0.121. The molecule has 3 aromatic rings. The van der Waals surface area contributed by atoms with Crippen LogP contribution in [0, 0.1) is 25.5 Å². The lowest BCUT2D eigenvalue weighted by Gasteiger charge is -2.11. The van der Waals surface area contributed by atoms with Gasteiger partial charge in [-0.1, -0.05) is 0 Å². The van der Waals surface area contributed by atoms with Gasteiger partial charge in [0.2, 0.25) is 5.91 Å². The first-order chi connectivity index (χ1) is 13.4. The van der Waals surface area contributed by atoms with E-state index in [1.165, 1.54) is 0 Å². The predicted molar refractivity (Wildman–Crippen MR) is 108 cm³/mol. The van der Waals surface area contributed by atoms with Crippen molar-refractivity contribution < 1.29 is 4.79 Å². The minimum absolute atomic E-state index is 0.0302. The second-order valence-corrected chi connectivity index (χ2v) is 7.85. The summed E-state index contributed by atoms with van der Waals surface area (Å²) in [4.78, 5) is 16.9. The molecule has 1 saturated carbocycles. The zero-order valence-corrected chi connectivity index (χ0v) is 17.3. The van der Waals surface area contributed by atoms with Crippen molar-refractivity contribution in [1.29, 1.82) is 0 Å². The number of nitrogens with zero attached hydrogens (tertiary/aromatic N) is 5. The highest BCUT2D eigenvalue weighted by atomic mass is 32.1. The minimum Gasteiger partial charge on any atom is -0.356 e. The number of carbonyl (C=O) groups is 1. The molecule has 9 heteroatoms. The van der Waals surface area contributed by atoms with Crippen molar-refractivity contribution in [2.24, 2.45) is 0 Å². The first-order valence-corrected chi connectivity index (χ1v) is 10.1. The minimum atomic E-state index is 0.0302. The predicted octanol–water partition coefficient (Wildman–Crippen LogP) is 2.54. The van der Waals surface area contributed by atoms with Crippen LogP contribution in [0.15, 0.2) is 6.07 Å². The summed E-state index contributed by atoms with van der Waals surface area (Å²) in [7, 11) is 0. The van der Waals surface area contributed by atoms with Crippen molar-refractivity contribution in [3.63, 3.8) is 0 Å². The summed E-state index contributed by atoms with van der Waals surface area (Å²) in [6.07, 6.45) is 4.05. The number of aryl methyl sites for hydroxylation is 3. The molecule has 8 nitrogen and oxygen atoms in total. The lowest BCUT2D eigenvalue weighted by Crippen LogP contribution is -2.27. The maximum Gasteiger partial charge on any atom is 0.220 e. The number of nitrogens with one attached hydrogen (secondary N) is 2. The fourth-order valence-corrected chi connectivity index (χ4v) is 3.97. The van der Waals surface area contributed by atoms with Gasteiger partial charge in [0.05, 0.1) is 5.69 Å². The third-order valence-corrected chi connectivity index (χ3v) is 5.54. The third kappa shape index (κ3) is 3.71. The number of carbonyl (C=O) groups excluding carboxylic acids is 1. The topological polar surface area (TPSA) is 92.9 Å². The number of hydrogen-bond donors (Lipinski definition) is 2. The standard InChI is InChI=1S/C19H25N7OS/c1-11-10-17-21-12(2)15(13(3)26(17)24-11)6-7-18(27)20-9-8-16-22-23-19(28)25(16)14-4-5-14/h10,14H,4-9H2,1-3H3,(H,20,27)(H,23,28). The molecule has 1 aliphatic rings. The van der Waals surface area contributed by atoms with E-state index in [4.69, 9.17) is 12.2 Å². The monoisotopic (exact) mass is 399 g/mol. The van der Waals surface area contributed by atoms with Crippen LogP contribution in [0.1, 0.15) is 53.8 Å². The van der Waals surface area contributed by atoms with E-state index in [0.29, 0.717) is 36.6 Å².